The van der Waals surface area contributed by atoms with Gasteiger partial charge in [-0.2, -0.15) is 0 Å². The summed E-state index contributed by atoms with van der Waals surface area (Å²) in [6.45, 7) is 5.86. The lowest BCUT2D eigenvalue weighted by Crippen LogP contribution is -2.45. The minimum absolute atomic E-state index is 0.0581. The van der Waals surface area contributed by atoms with Crippen LogP contribution in [-0.2, 0) is 4.74 Å². The molecule has 1 N–H and O–H groups in total. The van der Waals surface area contributed by atoms with Gasteiger partial charge in [0.15, 0.2) is 11.5 Å². The van der Waals surface area contributed by atoms with Crippen LogP contribution in [-0.4, -0.2) is 29.9 Å². The molecule has 4 rings (SSSR count). The van der Waals surface area contributed by atoms with Gasteiger partial charge in [-0.1, -0.05) is 38.1 Å². The van der Waals surface area contributed by atoms with Gasteiger partial charge in [-0.3, -0.25) is 9.59 Å². The summed E-state index contributed by atoms with van der Waals surface area (Å²) in [5.74, 6) is -0.415. The van der Waals surface area contributed by atoms with E-state index in [1.807, 2.05) is 45.0 Å². The largest absolute Gasteiger partial charge is 0.489 e. The molecule has 4 heteroatoms. The Labute approximate surface area is 146 Å². The molecule has 128 valence electrons. The lowest BCUT2D eigenvalue weighted by Gasteiger charge is -2.42. The molecular formula is C21H20O4. The molecule has 0 saturated heterocycles. The average molecular weight is 336 g/mol. The predicted octanol–water partition coefficient (Wildman–Crippen LogP) is 3.45. The SMILES string of the molecule is Cc1cccc2c3c(ccc12)C(=O)C1=C(OC[C@@H](C)[C@]1(C)CO)C3=O. The van der Waals surface area contributed by atoms with Crippen LogP contribution >= 0.6 is 0 Å². The summed E-state index contributed by atoms with van der Waals surface area (Å²) in [4.78, 5) is 26.5. The minimum Gasteiger partial charge on any atom is -0.489 e. The van der Waals surface area contributed by atoms with E-state index in [1.165, 1.54) is 0 Å². The standard InChI is InChI=1S/C21H20O4/c1-11-5-4-6-14-13(11)7-8-15-16(14)19(24)20-17(18(15)23)21(3,10-22)12(2)9-25-20/h4-8,12,22H,9-10H2,1-3H3/t12-,21+/m1/s1. The fourth-order valence-corrected chi connectivity index (χ4v) is 3.94. The number of ether oxygens (including phenoxy) is 1. The fraction of sp³-hybridized carbons (Fsp3) is 0.333. The molecule has 2 aromatic carbocycles. The van der Waals surface area contributed by atoms with E-state index in [0.29, 0.717) is 23.3 Å². The Kier molecular flexibility index (Phi) is 3.38. The van der Waals surface area contributed by atoms with Crippen molar-refractivity contribution >= 4 is 22.3 Å². The molecule has 0 saturated carbocycles. The third kappa shape index (κ3) is 1.97. The summed E-state index contributed by atoms with van der Waals surface area (Å²) in [5.41, 5.74) is 1.41. The van der Waals surface area contributed by atoms with Gasteiger partial charge in [0, 0.05) is 22.5 Å². The minimum atomic E-state index is -0.778. The molecule has 1 aliphatic heterocycles. The van der Waals surface area contributed by atoms with Crippen LogP contribution in [0.2, 0.25) is 0 Å². The number of carbonyl (C=O) groups is 2. The lowest BCUT2D eigenvalue weighted by atomic mass is 9.66. The summed E-state index contributed by atoms with van der Waals surface area (Å²) >= 11 is 0. The molecule has 0 spiro atoms. The summed E-state index contributed by atoms with van der Waals surface area (Å²) < 4.78 is 5.71. The number of rotatable bonds is 1. The molecular weight excluding hydrogens is 316 g/mol. The van der Waals surface area contributed by atoms with Crippen molar-refractivity contribution in [3.8, 4) is 0 Å². The molecule has 0 unspecified atom stereocenters. The molecule has 0 amide bonds. The van der Waals surface area contributed by atoms with Crippen LogP contribution in [0.15, 0.2) is 41.7 Å². The van der Waals surface area contributed by atoms with Crippen LogP contribution in [0, 0.1) is 18.3 Å². The Balaban J connectivity index is 2.04. The van der Waals surface area contributed by atoms with Gasteiger partial charge in [0.25, 0.3) is 0 Å². The third-order valence-electron chi connectivity index (χ3n) is 5.88. The molecule has 1 heterocycles. The monoisotopic (exact) mass is 336 g/mol. The molecule has 0 fully saturated rings. The first-order valence-corrected chi connectivity index (χ1v) is 8.50. The molecule has 2 aromatic rings. The Bertz CT molecular complexity index is 969. The van der Waals surface area contributed by atoms with Crippen molar-refractivity contribution < 1.29 is 19.4 Å². The normalized spacial score (nSPS) is 25.7. The molecule has 1 aliphatic carbocycles. The number of hydrogen-bond acceptors (Lipinski definition) is 4. The number of aliphatic hydroxyl groups excluding tert-OH is 1. The molecule has 0 aromatic heterocycles. The average Bonchev–Trinajstić information content (AvgIpc) is 2.61. The maximum atomic E-state index is 13.2. The Morgan fingerprint density at radius 3 is 2.64 bits per heavy atom. The van der Waals surface area contributed by atoms with Crippen molar-refractivity contribution in [3.63, 3.8) is 0 Å². The fourth-order valence-electron chi connectivity index (χ4n) is 3.94. The highest BCUT2D eigenvalue weighted by Crippen LogP contribution is 2.46. The number of aliphatic hydroxyl groups is 1. The van der Waals surface area contributed by atoms with Crippen molar-refractivity contribution in [3.05, 3.63) is 58.4 Å². The van der Waals surface area contributed by atoms with Gasteiger partial charge < -0.3 is 9.84 Å². The van der Waals surface area contributed by atoms with E-state index in [-0.39, 0.29) is 29.9 Å². The van der Waals surface area contributed by atoms with Gasteiger partial charge in [-0.25, -0.2) is 0 Å². The summed E-state index contributed by atoms with van der Waals surface area (Å²) in [6.07, 6.45) is 0. The molecule has 0 radical (unpaired) electrons. The first-order chi connectivity index (χ1) is 11.9. The maximum Gasteiger partial charge on any atom is 0.229 e. The van der Waals surface area contributed by atoms with Crippen molar-refractivity contribution in [2.45, 2.75) is 20.8 Å². The number of allylic oxidation sites excluding steroid dienone is 1. The van der Waals surface area contributed by atoms with Crippen LogP contribution in [0.3, 0.4) is 0 Å². The van der Waals surface area contributed by atoms with Gasteiger partial charge in [-0.05, 0) is 29.3 Å². The molecule has 2 aliphatic rings. The lowest BCUT2D eigenvalue weighted by molar-refractivity contribution is 0.0254. The molecule has 4 nitrogen and oxygen atoms in total. The highest BCUT2D eigenvalue weighted by molar-refractivity contribution is 6.30. The number of benzene rings is 2. The number of carbonyl (C=O) groups excluding carboxylic acids is 2. The van der Waals surface area contributed by atoms with E-state index in [0.717, 1.165) is 16.3 Å². The predicted molar refractivity (Wildman–Crippen MR) is 94.7 cm³/mol. The second-order valence-electron chi connectivity index (χ2n) is 7.31. The van der Waals surface area contributed by atoms with E-state index in [4.69, 9.17) is 4.74 Å². The second-order valence-corrected chi connectivity index (χ2v) is 7.31. The molecule has 25 heavy (non-hydrogen) atoms. The van der Waals surface area contributed by atoms with Crippen LogP contribution < -0.4 is 0 Å². The van der Waals surface area contributed by atoms with Crippen molar-refractivity contribution in [2.24, 2.45) is 11.3 Å². The Hall–Kier alpha value is -2.46. The van der Waals surface area contributed by atoms with Crippen molar-refractivity contribution in [1.29, 1.82) is 0 Å². The van der Waals surface area contributed by atoms with E-state index >= 15 is 0 Å². The number of aryl methyl sites for hydroxylation is 1. The van der Waals surface area contributed by atoms with E-state index in [1.54, 1.807) is 6.07 Å². The van der Waals surface area contributed by atoms with E-state index in [2.05, 4.69) is 0 Å². The quantitative estimate of drug-likeness (QED) is 0.866. The Morgan fingerprint density at radius 2 is 1.92 bits per heavy atom. The van der Waals surface area contributed by atoms with Crippen LogP contribution in [0.1, 0.15) is 40.1 Å². The first-order valence-electron chi connectivity index (χ1n) is 8.50. The van der Waals surface area contributed by atoms with Crippen molar-refractivity contribution in [1.82, 2.24) is 0 Å². The van der Waals surface area contributed by atoms with E-state index in [9.17, 15) is 14.7 Å². The molecule has 2 atom stereocenters. The topological polar surface area (TPSA) is 63.6 Å². The zero-order valence-corrected chi connectivity index (χ0v) is 14.6. The zero-order chi connectivity index (χ0) is 17.9. The second kappa shape index (κ2) is 5.27. The highest BCUT2D eigenvalue weighted by atomic mass is 16.5. The smallest absolute Gasteiger partial charge is 0.229 e. The van der Waals surface area contributed by atoms with Crippen LogP contribution in [0.25, 0.3) is 10.8 Å². The third-order valence-corrected chi connectivity index (χ3v) is 5.88. The first kappa shape index (κ1) is 16.0. The summed E-state index contributed by atoms with van der Waals surface area (Å²) in [7, 11) is 0. The number of Topliss-reactive ketones (excluding diaryl/α,β-unsaturated/α-hetero) is 2. The van der Waals surface area contributed by atoms with Gasteiger partial charge >= 0.3 is 0 Å². The Morgan fingerprint density at radius 1 is 1.16 bits per heavy atom. The van der Waals surface area contributed by atoms with Gasteiger partial charge in [0.05, 0.1) is 18.8 Å². The van der Waals surface area contributed by atoms with Crippen molar-refractivity contribution in [2.75, 3.05) is 13.2 Å². The summed E-state index contributed by atoms with van der Waals surface area (Å²) in [5, 5.41) is 11.7. The van der Waals surface area contributed by atoms with Gasteiger partial charge in [0.2, 0.25) is 5.78 Å². The summed E-state index contributed by atoms with van der Waals surface area (Å²) in [6, 6.07) is 9.36. The number of ketones is 2. The number of hydrogen-bond donors (Lipinski definition) is 1. The van der Waals surface area contributed by atoms with Crippen LogP contribution in [0.5, 0.6) is 0 Å². The zero-order valence-electron chi connectivity index (χ0n) is 14.6. The highest BCUT2D eigenvalue weighted by Gasteiger charge is 2.49. The van der Waals surface area contributed by atoms with Gasteiger partial charge in [-0.15, -0.1) is 0 Å². The molecule has 0 bridgehead atoms. The number of fused-ring (bicyclic) bond motifs is 3. The van der Waals surface area contributed by atoms with E-state index < -0.39 is 5.41 Å². The van der Waals surface area contributed by atoms with Crippen LogP contribution in [0.4, 0.5) is 0 Å². The maximum absolute atomic E-state index is 13.2. The van der Waals surface area contributed by atoms with Gasteiger partial charge in [0.1, 0.15) is 0 Å².